The van der Waals surface area contributed by atoms with Gasteiger partial charge >= 0.3 is 0 Å². The number of rotatable bonds is 5. The molecule has 9 aromatic rings. The second kappa shape index (κ2) is 12.0. The monoisotopic (exact) mass is 652 g/mol. The summed E-state index contributed by atoms with van der Waals surface area (Å²) in [5.74, 6) is 1.61. The van der Waals surface area contributed by atoms with Gasteiger partial charge in [0.25, 0.3) is 0 Å². The third kappa shape index (κ3) is 5.00. The van der Waals surface area contributed by atoms with E-state index in [9.17, 15) is 0 Å². The predicted octanol–water partition coefficient (Wildman–Crippen LogP) is 11.3. The lowest BCUT2D eigenvalue weighted by molar-refractivity contribution is 0.762. The summed E-state index contributed by atoms with van der Waals surface area (Å²) in [5, 5.41) is 10.8. The molecule has 0 spiro atoms. The van der Waals surface area contributed by atoms with Crippen LogP contribution in [0, 0.1) is 0 Å². The molecule has 1 aromatic heterocycles. The van der Waals surface area contributed by atoms with Gasteiger partial charge in [-0.25, -0.2) is 9.98 Å². The molecule has 1 aliphatic heterocycles. The first-order chi connectivity index (χ1) is 25.3. The van der Waals surface area contributed by atoms with Gasteiger partial charge in [-0.1, -0.05) is 152 Å². The molecule has 2 heterocycles. The smallest absolute Gasteiger partial charge is 0.170 e. The lowest BCUT2D eigenvalue weighted by atomic mass is 9.99. The van der Waals surface area contributed by atoms with Gasteiger partial charge < -0.3 is 9.88 Å². The Bertz CT molecular complexity index is 2780. The van der Waals surface area contributed by atoms with Crippen LogP contribution in [0.1, 0.15) is 22.9 Å². The molecule has 51 heavy (non-hydrogen) atoms. The van der Waals surface area contributed by atoms with E-state index in [1.165, 1.54) is 43.7 Å². The van der Waals surface area contributed by atoms with Crippen LogP contribution in [0.4, 0.5) is 0 Å². The van der Waals surface area contributed by atoms with Gasteiger partial charge in [0.2, 0.25) is 0 Å². The highest BCUT2D eigenvalue weighted by Gasteiger charge is 2.23. The average molecular weight is 653 g/mol. The van der Waals surface area contributed by atoms with Crippen molar-refractivity contribution < 1.29 is 0 Å². The Hall–Kier alpha value is -6.78. The van der Waals surface area contributed by atoms with E-state index < -0.39 is 6.17 Å². The summed E-state index contributed by atoms with van der Waals surface area (Å²) < 4.78 is 2.39. The van der Waals surface area contributed by atoms with E-state index in [4.69, 9.17) is 9.98 Å². The molecule has 4 heteroatoms. The number of hydrogen-bond acceptors (Lipinski definition) is 3. The Morgan fingerprint density at radius 3 is 1.67 bits per heavy atom. The lowest BCUT2D eigenvalue weighted by Crippen LogP contribution is -2.36. The van der Waals surface area contributed by atoms with Gasteiger partial charge in [-0.3, -0.25) is 0 Å². The maximum absolute atomic E-state index is 5.34. The zero-order valence-electron chi connectivity index (χ0n) is 27.7. The molecule has 1 atom stereocenters. The summed E-state index contributed by atoms with van der Waals surface area (Å²) in [6.07, 6.45) is -0.445. The van der Waals surface area contributed by atoms with E-state index in [-0.39, 0.29) is 0 Å². The van der Waals surface area contributed by atoms with Gasteiger partial charge in [0.1, 0.15) is 11.7 Å². The Kier molecular flexibility index (Phi) is 6.85. The molecule has 1 aliphatic rings. The van der Waals surface area contributed by atoms with E-state index in [1.54, 1.807) is 0 Å². The highest BCUT2D eigenvalue weighted by atomic mass is 15.2. The van der Waals surface area contributed by atoms with E-state index in [0.717, 1.165) is 44.8 Å². The zero-order chi connectivity index (χ0) is 33.7. The fourth-order valence-corrected chi connectivity index (χ4v) is 7.60. The number of nitrogens with one attached hydrogen (secondary N) is 1. The van der Waals surface area contributed by atoms with Crippen molar-refractivity contribution in [2.24, 2.45) is 9.98 Å². The number of fused-ring (bicyclic) bond motifs is 5. The minimum Gasteiger partial charge on any atom is -0.324 e. The van der Waals surface area contributed by atoms with Crippen LogP contribution in [0.2, 0.25) is 0 Å². The zero-order valence-corrected chi connectivity index (χ0v) is 27.7. The number of benzene rings is 8. The van der Waals surface area contributed by atoms with Crippen molar-refractivity contribution in [2.75, 3.05) is 0 Å². The van der Waals surface area contributed by atoms with Crippen molar-refractivity contribution in [2.45, 2.75) is 6.17 Å². The Morgan fingerprint density at radius 2 is 0.941 bits per heavy atom. The summed E-state index contributed by atoms with van der Waals surface area (Å²) >= 11 is 0. The highest BCUT2D eigenvalue weighted by molar-refractivity contribution is 6.17. The SMILES string of the molecule is c1ccc(C2=NC(c3cccc4c(-n5c6ccccc6c6ccccc65)cccc34)N=C(c3ccc4ccc(-c5ccccc5)cc4c3)N2)cc1. The summed E-state index contributed by atoms with van der Waals surface area (Å²) in [5.41, 5.74) is 9.02. The number of nitrogens with zero attached hydrogens (tertiary/aromatic N) is 3. The number of amidine groups is 2. The maximum atomic E-state index is 5.34. The second-order valence-corrected chi connectivity index (χ2v) is 13.1. The van der Waals surface area contributed by atoms with Crippen LogP contribution < -0.4 is 5.32 Å². The normalized spacial score (nSPS) is 14.5. The van der Waals surface area contributed by atoms with Gasteiger partial charge in [0.05, 0.1) is 16.7 Å². The van der Waals surface area contributed by atoms with Crippen molar-refractivity contribution in [1.82, 2.24) is 9.88 Å². The standard InChI is InChI=1S/C47H32N4/c1-3-13-31(14-4-1)34-27-25-32-26-28-35(30-36(32)29-34)46-48-45(33-15-5-2-6-16-33)49-47(50-46)41-21-11-20-38-37(41)19-12-24-44(38)51-42-22-9-7-17-39(42)40-18-8-10-23-43(40)51/h1-30,47H,(H,48,49,50). The Labute approximate surface area is 295 Å². The minimum atomic E-state index is -0.445. The first-order valence-corrected chi connectivity index (χ1v) is 17.4. The van der Waals surface area contributed by atoms with Gasteiger partial charge in [0, 0.05) is 32.8 Å². The van der Waals surface area contributed by atoms with Crippen LogP contribution in [0.15, 0.2) is 192 Å². The molecule has 10 rings (SSSR count). The van der Waals surface area contributed by atoms with E-state index in [0.29, 0.717) is 0 Å². The number of para-hydroxylation sites is 2. The molecule has 1 N–H and O–H groups in total. The van der Waals surface area contributed by atoms with Crippen LogP contribution in [-0.4, -0.2) is 16.2 Å². The van der Waals surface area contributed by atoms with E-state index >= 15 is 0 Å². The molecule has 0 amide bonds. The summed E-state index contributed by atoms with van der Waals surface area (Å²) in [4.78, 5) is 10.6. The largest absolute Gasteiger partial charge is 0.324 e. The molecular formula is C47H32N4. The van der Waals surface area contributed by atoms with Crippen molar-refractivity contribution in [3.05, 3.63) is 199 Å². The van der Waals surface area contributed by atoms with Crippen molar-refractivity contribution in [1.29, 1.82) is 0 Å². The molecule has 0 fully saturated rings. The van der Waals surface area contributed by atoms with Crippen LogP contribution in [0.25, 0.3) is 60.2 Å². The summed E-state index contributed by atoms with van der Waals surface area (Å²) in [7, 11) is 0. The van der Waals surface area contributed by atoms with Crippen molar-refractivity contribution in [3.8, 4) is 16.8 Å². The molecule has 0 aliphatic carbocycles. The molecular weight excluding hydrogens is 621 g/mol. The maximum Gasteiger partial charge on any atom is 0.170 e. The predicted molar refractivity (Wildman–Crippen MR) is 213 cm³/mol. The van der Waals surface area contributed by atoms with Crippen LogP contribution >= 0.6 is 0 Å². The number of aliphatic imine (C=N–C) groups is 2. The average Bonchev–Trinajstić information content (AvgIpc) is 3.54. The second-order valence-electron chi connectivity index (χ2n) is 13.1. The molecule has 8 aromatic carbocycles. The van der Waals surface area contributed by atoms with Crippen LogP contribution in [0.3, 0.4) is 0 Å². The molecule has 4 nitrogen and oxygen atoms in total. The van der Waals surface area contributed by atoms with Crippen LogP contribution in [0.5, 0.6) is 0 Å². The molecule has 240 valence electrons. The molecule has 1 unspecified atom stereocenters. The highest BCUT2D eigenvalue weighted by Crippen LogP contribution is 2.37. The first kappa shape index (κ1) is 29.2. The lowest BCUT2D eigenvalue weighted by Gasteiger charge is -2.24. The van der Waals surface area contributed by atoms with Crippen molar-refractivity contribution in [3.63, 3.8) is 0 Å². The van der Waals surface area contributed by atoms with Gasteiger partial charge in [-0.2, -0.15) is 0 Å². The van der Waals surface area contributed by atoms with E-state index in [1.807, 2.05) is 6.07 Å². The summed E-state index contributed by atoms with van der Waals surface area (Å²) in [6.45, 7) is 0. The quantitative estimate of drug-likeness (QED) is 0.197. The fraction of sp³-hybridized carbons (Fsp3) is 0.0213. The first-order valence-electron chi connectivity index (χ1n) is 17.4. The number of hydrogen-bond donors (Lipinski definition) is 1. The minimum absolute atomic E-state index is 0.445. The van der Waals surface area contributed by atoms with Crippen molar-refractivity contribution >= 4 is 55.0 Å². The topological polar surface area (TPSA) is 41.7 Å². The third-order valence-corrected chi connectivity index (χ3v) is 10.0. The van der Waals surface area contributed by atoms with Gasteiger partial charge in [-0.15, -0.1) is 0 Å². The molecule has 0 saturated carbocycles. The fourth-order valence-electron chi connectivity index (χ4n) is 7.60. The Morgan fingerprint density at radius 1 is 0.392 bits per heavy atom. The van der Waals surface area contributed by atoms with Gasteiger partial charge in [0.15, 0.2) is 6.17 Å². The van der Waals surface area contributed by atoms with E-state index in [2.05, 4.69) is 186 Å². The molecule has 0 radical (unpaired) electrons. The number of aromatic nitrogens is 1. The summed E-state index contributed by atoms with van der Waals surface area (Å²) in [6, 6.07) is 64.6. The third-order valence-electron chi connectivity index (χ3n) is 10.0. The Balaban J connectivity index is 1.14. The van der Waals surface area contributed by atoms with Gasteiger partial charge in [-0.05, 0) is 57.6 Å². The molecule has 0 saturated heterocycles. The molecule has 0 bridgehead atoms. The van der Waals surface area contributed by atoms with Crippen LogP contribution in [-0.2, 0) is 0 Å².